The molecule has 4 rings (SSSR count). The van der Waals surface area contributed by atoms with Crippen LogP contribution < -0.4 is 5.32 Å². The quantitative estimate of drug-likeness (QED) is 0.677. The summed E-state index contributed by atoms with van der Waals surface area (Å²) in [5.74, 6) is -2.81. The summed E-state index contributed by atoms with van der Waals surface area (Å²) in [6.45, 7) is 1.88. The lowest BCUT2D eigenvalue weighted by Gasteiger charge is -2.34. The van der Waals surface area contributed by atoms with E-state index in [0.717, 1.165) is 18.4 Å². The molecular weight excluding hydrogens is 451 g/mol. The van der Waals surface area contributed by atoms with E-state index >= 15 is 0 Å². The monoisotopic (exact) mass is 477 g/mol. The Bertz CT molecular complexity index is 922. The van der Waals surface area contributed by atoms with E-state index in [0.29, 0.717) is 32.1 Å². The predicted molar refractivity (Wildman–Crippen MR) is 108 cm³/mol. The maximum Gasteiger partial charge on any atom is 0.490 e. The van der Waals surface area contributed by atoms with Crippen LogP contribution >= 0.6 is 0 Å². The molecule has 0 radical (unpaired) electrons. The van der Waals surface area contributed by atoms with Gasteiger partial charge in [0.05, 0.1) is 11.0 Å². The van der Waals surface area contributed by atoms with E-state index in [9.17, 15) is 26.4 Å². The summed E-state index contributed by atoms with van der Waals surface area (Å²) in [5.41, 5.74) is 1.08. The fraction of sp³-hybridized carbons (Fsp3) is 0.650. The van der Waals surface area contributed by atoms with Crippen LogP contribution in [0.3, 0.4) is 0 Å². The zero-order chi connectivity index (χ0) is 23.5. The number of sulfone groups is 1. The number of carbonyl (C=O) groups is 2. The van der Waals surface area contributed by atoms with E-state index in [4.69, 9.17) is 9.90 Å². The number of fused-ring (bicyclic) bond motifs is 1. The van der Waals surface area contributed by atoms with Crippen LogP contribution in [-0.4, -0.2) is 71.6 Å². The third kappa shape index (κ3) is 5.97. The molecule has 0 aromatic carbocycles. The molecule has 2 N–H and O–H groups in total. The van der Waals surface area contributed by atoms with Crippen molar-refractivity contribution >= 4 is 21.7 Å². The average Bonchev–Trinajstić information content (AvgIpc) is 3.10. The summed E-state index contributed by atoms with van der Waals surface area (Å²) < 4.78 is 56.8. The number of carboxylic acids is 1. The first-order valence-electron chi connectivity index (χ1n) is 10.4. The highest BCUT2D eigenvalue weighted by atomic mass is 32.2. The topological polar surface area (TPSA) is 117 Å². The highest BCUT2D eigenvalue weighted by molar-refractivity contribution is 7.92. The molecule has 3 atom stereocenters. The molecular formula is C20H26F3N3O5S. The number of pyridine rings is 1. The van der Waals surface area contributed by atoms with Gasteiger partial charge in [-0.2, -0.15) is 13.2 Å². The number of nitrogens with zero attached hydrogens (tertiary/aromatic N) is 2. The van der Waals surface area contributed by atoms with Crippen LogP contribution in [0, 0.1) is 11.8 Å². The Morgan fingerprint density at radius 3 is 2.44 bits per heavy atom. The number of carbonyl (C=O) groups excluding carboxylic acids is 1. The molecule has 0 unspecified atom stereocenters. The van der Waals surface area contributed by atoms with Crippen molar-refractivity contribution in [1.82, 2.24) is 15.2 Å². The Balaban J connectivity index is 0.000000360. The van der Waals surface area contributed by atoms with Gasteiger partial charge >= 0.3 is 12.1 Å². The van der Waals surface area contributed by atoms with E-state index < -0.39 is 27.2 Å². The van der Waals surface area contributed by atoms with E-state index in [1.54, 1.807) is 6.20 Å². The van der Waals surface area contributed by atoms with Gasteiger partial charge < -0.3 is 10.4 Å². The standard InChI is InChI=1S/C18H25N3O3S.C2HF3O2/c22-18(20-14-4-1-5-14)15-6-8-25(23,24)17-12-21(11-16(15)17)10-13-3-2-7-19-9-13;3-2(4,5)1(6)7/h2-3,7,9,14-17H,1,4-6,8,10-12H2,(H,20,22);(H,6,7)/t15-,16+,17+;/m0./s1. The fourth-order valence-electron chi connectivity index (χ4n) is 4.37. The van der Waals surface area contributed by atoms with Gasteiger partial charge in [-0.15, -0.1) is 0 Å². The number of halogens is 3. The largest absolute Gasteiger partial charge is 0.490 e. The van der Waals surface area contributed by atoms with Crippen molar-refractivity contribution in [3.63, 3.8) is 0 Å². The number of amides is 1. The molecule has 8 nitrogen and oxygen atoms in total. The highest BCUT2D eigenvalue weighted by Crippen LogP contribution is 2.37. The van der Waals surface area contributed by atoms with Gasteiger partial charge in [-0.3, -0.25) is 14.7 Å². The van der Waals surface area contributed by atoms with Gasteiger partial charge in [-0.05, 0) is 37.3 Å². The summed E-state index contributed by atoms with van der Waals surface area (Å²) in [7, 11) is -3.11. The molecule has 3 aliphatic rings. The van der Waals surface area contributed by atoms with Crippen LogP contribution in [0.25, 0.3) is 0 Å². The first-order valence-corrected chi connectivity index (χ1v) is 12.1. The third-order valence-electron chi connectivity index (χ3n) is 6.24. The smallest absolute Gasteiger partial charge is 0.475 e. The number of hydrogen-bond donors (Lipinski definition) is 2. The number of hydrogen-bond acceptors (Lipinski definition) is 6. The third-order valence-corrected chi connectivity index (χ3v) is 8.46. The SMILES string of the molecule is O=C(NC1CCC1)[C@H]1CCS(=O)(=O)[C@@H]2CN(Cc3cccnc3)C[C@H]12.O=C(O)C(F)(F)F. The van der Waals surface area contributed by atoms with Crippen LogP contribution in [0.1, 0.15) is 31.2 Å². The number of aliphatic carboxylic acids is 1. The molecule has 1 aromatic heterocycles. The Labute approximate surface area is 184 Å². The zero-order valence-electron chi connectivity index (χ0n) is 17.3. The minimum atomic E-state index is -5.08. The second-order valence-corrected chi connectivity index (χ2v) is 10.8. The van der Waals surface area contributed by atoms with Crippen molar-refractivity contribution in [2.24, 2.45) is 11.8 Å². The van der Waals surface area contributed by atoms with Crippen LogP contribution in [-0.2, 0) is 26.0 Å². The molecule has 12 heteroatoms. The summed E-state index contributed by atoms with van der Waals surface area (Å²) in [6.07, 6.45) is 2.21. The van der Waals surface area contributed by atoms with Crippen molar-refractivity contribution in [3.8, 4) is 0 Å². The molecule has 0 spiro atoms. The first-order chi connectivity index (χ1) is 15.0. The summed E-state index contributed by atoms with van der Waals surface area (Å²) >= 11 is 0. The molecule has 3 heterocycles. The van der Waals surface area contributed by atoms with Gasteiger partial charge in [0.1, 0.15) is 0 Å². The van der Waals surface area contributed by atoms with Crippen LogP contribution in [0.5, 0.6) is 0 Å². The van der Waals surface area contributed by atoms with E-state index in [1.807, 2.05) is 18.3 Å². The molecule has 1 amide bonds. The van der Waals surface area contributed by atoms with Gasteiger partial charge in [0, 0.05) is 49.9 Å². The van der Waals surface area contributed by atoms with Crippen molar-refractivity contribution < 1.29 is 36.3 Å². The van der Waals surface area contributed by atoms with Crippen LogP contribution in [0.4, 0.5) is 13.2 Å². The lowest BCUT2D eigenvalue weighted by molar-refractivity contribution is -0.192. The van der Waals surface area contributed by atoms with E-state index in [2.05, 4.69) is 15.2 Å². The van der Waals surface area contributed by atoms with E-state index in [-0.39, 0.29) is 23.5 Å². The molecule has 1 aliphatic carbocycles. The predicted octanol–water partition coefficient (Wildman–Crippen LogP) is 1.62. The molecule has 3 fully saturated rings. The van der Waals surface area contributed by atoms with Gasteiger partial charge in [0.15, 0.2) is 9.84 Å². The van der Waals surface area contributed by atoms with Crippen molar-refractivity contribution in [3.05, 3.63) is 30.1 Å². The highest BCUT2D eigenvalue weighted by Gasteiger charge is 2.50. The Morgan fingerprint density at radius 2 is 1.91 bits per heavy atom. The normalized spacial score (nSPS) is 27.4. The fourth-order valence-corrected chi connectivity index (χ4v) is 6.50. The number of aromatic nitrogens is 1. The maximum atomic E-state index is 12.7. The zero-order valence-corrected chi connectivity index (χ0v) is 18.1. The van der Waals surface area contributed by atoms with Crippen molar-refractivity contribution in [2.45, 2.75) is 49.7 Å². The van der Waals surface area contributed by atoms with Crippen LogP contribution in [0.2, 0.25) is 0 Å². The van der Waals surface area contributed by atoms with Crippen LogP contribution in [0.15, 0.2) is 24.5 Å². The van der Waals surface area contributed by atoms with Gasteiger partial charge in [-0.25, -0.2) is 13.2 Å². The Morgan fingerprint density at radius 1 is 1.22 bits per heavy atom. The number of rotatable bonds is 4. The summed E-state index contributed by atoms with van der Waals surface area (Å²) in [4.78, 5) is 27.9. The molecule has 0 bridgehead atoms. The molecule has 2 saturated heterocycles. The number of likely N-dealkylation sites (tertiary alicyclic amines) is 1. The average molecular weight is 478 g/mol. The first kappa shape index (κ1) is 24.4. The summed E-state index contributed by atoms with van der Waals surface area (Å²) in [6, 6.07) is 4.20. The van der Waals surface area contributed by atoms with Gasteiger partial charge in [0.2, 0.25) is 5.91 Å². The molecule has 1 saturated carbocycles. The van der Waals surface area contributed by atoms with Crippen molar-refractivity contribution in [1.29, 1.82) is 0 Å². The number of alkyl halides is 3. The van der Waals surface area contributed by atoms with E-state index in [1.165, 1.54) is 6.42 Å². The second-order valence-electron chi connectivity index (χ2n) is 8.46. The lowest BCUT2D eigenvalue weighted by Crippen LogP contribution is -2.50. The molecule has 2 aliphatic heterocycles. The minimum Gasteiger partial charge on any atom is -0.475 e. The number of nitrogens with one attached hydrogen (secondary N) is 1. The molecule has 32 heavy (non-hydrogen) atoms. The van der Waals surface area contributed by atoms with Gasteiger partial charge in [0.25, 0.3) is 0 Å². The lowest BCUT2D eigenvalue weighted by atomic mass is 9.86. The second kappa shape index (κ2) is 9.74. The minimum absolute atomic E-state index is 0.0674. The molecule has 1 aromatic rings. The Hall–Kier alpha value is -2.21. The van der Waals surface area contributed by atoms with Crippen molar-refractivity contribution in [2.75, 3.05) is 18.8 Å². The maximum absolute atomic E-state index is 12.7. The Kier molecular flexibility index (Phi) is 7.43. The van der Waals surface area contributed by atoms with Gasteiger partial charge in [-0.1, -0.05) is 6.07 Å². The summed E-state index contributed by atoms with van der Waals surface area (Å²) in [5, 5.41) is 9.85. The number of carboxylic acid groups (broad SMARTS) is 1. The molecule has 178 valence electrons.